The summed E-state index contributed by atoms with van der Waals surface area (Å²) in [5, 5.41) is 0.552. The van der Waals surface area contributed by atoms with E-state index in [1.165, 1.54) is 12.2 Å². The summed E-state index contributed by atoms with van der Waals surface area (Å²) in [6.45, 7) is -0.426. The van der Waals surface area contributed by atoms with Crippen LogP contribution in [0.3, 0.4) is 0 Å². The first-order valence-electron chi connectivity index (χ1n) is 7.12. The van der Waals surface area contributed by atoms with Crippen molar-refractivity contribution in [2.75, 3.05) is 6.73 Å². The fourth-order valence-electron chi connectivity index (χ4n) is 2.31. The van der Waals surface area contributed by atoms with Crippen LogP contribution in [0, 0.1) is 0 Å². The van der Waals surface area contributed by atoms with Crippen molar-refractivity contribution in [1.29, 1.82) is 0 Å². The van der Waals surface area contributed by atoms with Gasteiger partial charge in [-0.25, -0.2) is 9.69 Å². The number of esters is 1. The largest absolute Gasteiger partial charge is 0.441 e. The van der Waals surface area contributed by atoms with E-state index in [2.05, 4.69) is 0 Å². The van der Waals surface area contributed by atoms with E-state index in [1.807, 2.05) is 0 Å². The van der Waals surface area contributed by atoms with Crippen molar-refractivity contribution in [3.8, 4) is 0 Å². The highest BCUT2D eigenvalue weighted by molar-refractivity contribution is 6.30. The first kappa shape index (κ1) is 16.0. The normalized spacial score (nSPS) is 13.5. The van der Waals surface area contributed by atoms with Gasteiger partial charge in [0.2, 0.25) is 0 Å². The van der Waals surface area contributed by atoms with Crippen molar-refractivity contribution < 1.29 is 19.1 Å². The Morgan fingerprint density at radius 3 is 2.33 bits per heavy atom. The maximum Gasteiger partial charge on any atom is 0.332 e. The molecule has 0 N–H and O–H groups in total. The lowest BCUT2D eigenvalue weighted by Crippen LogP contribution is -2.32. The van der Waals surface area contributed by atoms with E-state index in [0.717, 1.165) is 10.5 Å². The van der Waals surface area contributed by atoms with Gasteiger partial charge in [0.25, 0.3) is 11.8 Å². The minimum Gasteiger partial charge on any atom is -0.441 e. The molecule has 24 heavy (non-hydrogen) atoms. The Morgan fingerprint density at radius 1 is 1.04 bits per heavy atom. The van der Waals surface area contributed by atoms with Gasteiger partial charge in [0, 0.05) is 11.1 Å². The molecule has 2 aromatic rings. The van der Waals surface area contributed by atoms with Gasteiger partial charge in [-0.2, -0.15) is 0 Å². The molecule has 0 saturated carbocycles. The standard InChI is InChI=1S/C18H12ClNO4/c19-13-5-3-4-12(10-13)8-9-16(21)24-11-20-17(22)14-6-1-2-7-15(14)18(20)23/h1-10H,11H2/b9-8+. The van der Waals surface area contributed by atoms with Gasteiger partial charge in [-0.3, -0.25) is 9.59 Å². The van der Waals surface area contributed by atoms with Crippen LogP contribution in [0.15, 0.2) is 54.6 Å². The van der Waals surface area contributed by atoms with Crippen LogP contribution in [0.4, 0.5) is 0 Å². The molecule has 6 heteroatoms. The Morgan fingerprint density at radius 2 is 1.71 bits per heavy atom. The summed E-state index contributed by atoms with van der Waals surface area (Å²) < 4.78 is 4.98. The fraction of sp³-hybridized carbons (Fsp3) is 0.0556. The second-order valence-electron chi connectivity index (χ2n) is 5.06. The van der Waals surface area contributed by atoms with Crippen LogP contribution < -0.4 is 0 Å². The molecule has 1 heterocycles. The second-order valence-corrected chi connectivity index (χ2v) is 5.50. The maximum absolute atomic E-state index is 12.1. The molecule has 0 radical (unpaired) electrons. The quantitative estimate of drug-likeness (QED) is 0.487. The molecule has 2 aromatic carbocycles. The minimum absolute atomic E-state index is 0.313. The Hall–Kier alpha value is -2.92. The van der Waals surface area contributed by atoms with E-state index in [0.29, 0.717) is 16.1 Å². The van der Waals surface area contributed by atoms with Crippen molar-refractivity contribution in [3.63, 3.8) is 0 Å². The number of hydrogen-bond donors (Lipinski definition) is 0. The van der Waals surface area contributed by atoms with E-state index >= 15 is 0 Å². The molecule has 0 atom stereocenters. The molecule has 3 rings (SSSR count). The van der Waals surface area contributed by atoms with Gasteiger partial charge in [-0.1, -0.05) is 35.9 Å². The summed E-state index contributed by atoms with van der Waals surface area (Å²) in [6, 6.07) is 13.4. The Bertz CT molecular complexity index is 825. The van der Waals surface area contributed by atoms with Crippen LogP contribution in [0.5, 0.6) is 0 Å². The molecular formula is C18H12ClNO4. The molecule has 0 saturated heterocycles. The number of carbonyl (C=O) groups is 3. The van der Waals surface area contributed by atoms with Gasteiger partial charge in [0.05, 0.1) is 11.1 Å². The number of halogens is 1. The van der Waals surface area contributed by atoms with E-state index < -0.39 is 24.5 Å². The summed E-state index contributed by atoms with van der Waals surface area (Å²) in [5.74, 6) is -1.60. The number of imide groups is 1. The third-order valence-corrected chi connectivity index (χ3v) is 3.71. The van der Waals surface area contributed by atoms with E-state index in [1.54, 1.807) is 48.5 Å². The van der Waals surface area contributed by atoms with E-state index in [4.69, 9.17) is 16.3 Å². The fourth-order valence-corrected chi connectivity index (χ4v) is 2.51. The Labute approximate surface area is 143 Å². The topological polar surface area (TPSA) is 63.7 Å². The number of nitrogens with zero attached hydrogens (tertiary/aromatic N) is 1. The number of carbonyl (C=O) groups excluding carboxylic acids is 3. The van der Waals surface area contributed by atoms with Gasteiger partial charge in [-0.05, 0) is 35.9 Å². The van der Waals surface area contributed by atoms with Gasteiger partial charge in [0.15, 0.2) is 6.73 Å². The van der Waals surface area contributed by atoms with Gasteiger partial charge < -0.3 is 4.74 Å². The summed E-state index contributed by atoms with van der Waals surface area (Å²) in [7, 11) is 0. The third-order valence-electron chi connectivity index (χ3n) is 3.47. The monoisotopic (exact) mass is 341 g/mol. The molecule has 1 aliphatic heterocycles. The lowest BCUT2D eigenvalue weighted by atomic mass is 10.1. The highest BCUT2D eigenvalue weighted by atomic mass is 35.5. The molecule has 5 nitrogen and oxygen atoms in total. The maximum atomic E-state index is 12.1. The van der Waals surface area contributed by atoms with Crippen molar-refractivity contribution in [2.45, 2.75) is 0 Å². The van der Waals surface area contributed by atoms with Crippen LogP contribution in [0.1, 0.15) is 26.3 Å². The third kappa shape index (κ3) is 3.21. The summed E-state index contributed by atoms with van der Waals surface area (Å²) in [6.07, 6.45) is 2.75. The van der Waals surface area contributed by atoms with Gasteiger partial charge >= 0.3 is 5.97 Å². The second kappa shape index (κ2) is 6.68. The zero-order valence-corrected chi connectivity index (χ0v) is 13.2. The minimum atomic E-state index is -0.661. The van der Waals surface area contributed by atoms with Crippen molar-refractivity contribution in [2.24, 2.45) is 0 Å². The predicted octanol–water partition coefficient (Wildman–Crippen LogP) is 3.15. The van der Waals surface area contributed by atoms with Crippen LogP contribution in [-0.4, -0.2) is 29.4 Å². The molecular weight excluding hydrogens is 330 g/mol. The van der Waals surface area contributed by atoms with E-state index in [9.17, 15) is 14.4 Å². The smallest absolute Gasteiger partial charge is 0.332 e. The first-order valence-corrected chi connectivity index (χ1v) is 7.49. The average molecular weight is 342 g/mol. The van der Waals surface area contributed by atoms with Crippen molar-refractivity contribution in [1.82, 2.24) is 4.90 Å². The summed E-state index contributed by atoms with van der Waals surface area (Å²) in [5.41, 5.74) is 1.36. The van der Waals surface area contributed by atoms with Crippen molar-refractivity contribution >= 4 is 35.5 Å². The van der Waals surface area contributed by atoms with E-state index in [-0.39, 0.29) is 0 Å². The number of ether oxygens (including phenoxy) is 1. The number of rotatable bonds is 4. The molecule has 120 valence electrons. The highest BCUT2D eigenvalue weighted by Gasteiger charge is 2.35. The van der Waals surface area contributed by atoms with Crippen molar-refractivity contribution in [3.05, 3.63) is 76.3 Å². The zero-order valence-electron chi connectivity index (χ0n) is 12.4. The molecule has 0 fully saturated rings. The van der Waals surface area contributed by atoms with Gasteiger partial charge in [-0.15, -0.1) is 0 Å². The molecule has 0 aromatic heterocycles. The number of benzene rings is 2. The molecule has 0 spiro atoms. The molecule has 0 aliphatic carbocycles. The molecule has 0 unspecified atom stereocenters. The zero-order chi connectivity index (χ0) is 17.1. The lowest BCUT2D eigenvalue weighted by molar-refractivity contribution is -0.140. The summed E-state index contributed by atoms with van der Waals surface area (Å²) in [4.78, 5) is 36.9. The lowest BCUT2D eigenvalue weighted by Gasteiger charge is -2.12. The number of fused-ring (bicyclic) bond motifs is 1. The predicted molar refractivity (Wildman–Crippen MR) is 88.4 cm³/mol. The SMILES string of the molecule is O=C(/C=C/c1cccc(Cl)c1)OCN1C(=O)c2ccccc2C1=O. The van der Waals surface area contributed by atoms with Crippen LogP contribution in [-0.2, 0) is 9.53 Å². The number of amides is 2. The first-order chi connectivity index (χ1) is 11.6. The van der Waals surface area contributed by atoms with Gasteiger partial charge in [0.1, 0.15) is 0 Å². The number of hydrogen-bond acceptors (Lipinski definition) is 4. The molecule has 2 amide bonds. The average Bonchev–Trinajstić information content (AvgIpc) is 2.83. The van der Waals surface area contributed by atoms with Crippen LogP contribution >= 0.6 is 11.6 Å². The van der Waals surface area contributed by atoms with Crippen LogP contribution in [0.25, 0.3) is 6.08 Å². The molecule has 1 aliphatic rings. The Kier molecular flexibility index (Phi) is 4.44. The molecule has 0 bridgehead atoms. The summed E-state index contributed by atoms with van der Waals surface area (Å²) >= 11 is 5.85. The Balaban J connectivity index is 1.61. The highest BCUT2D eigenvalue weighted by Crippen LogP contribution is 2.22. The van der Waals surface area contributed by atoms with Crippen LogP contribution in [0.2, 0.25) is 5.02 Å².